The smallest absolute Gasteiger partial charge is 0.263 e. The third kappa shape index (κ3) is 4.14. The fourth-order valence-electron chi connectivity index (χ4n) is 2.73. The van der Waals surface area contributed by atoms with Gasteiger partial charge in [-0.3, -0.25) is 9.48 Å². The molecular formula is C18H19N9OS. The number of amides is 1. The predicted octanol–water partition coefficient (Wildman–Crippen LogP) is 1.67. The Morgan fingerprint density at radius 1 is 1.21 bits per heavy atom. The Morgan fingerprint density at radius 3 is 2.79 bits per heavy atom. The number of rotatable bonds is 7. The SMILES string of the molecule is Cc1nc(-c2cnn(C)c2)sc1C(=O)NCCNc1nnnn1-c1ccccc1. The Bertz CT molecular complexity index is 1120. The van der Waals surface area contributed by atoms with Crippen LogP contribution in [0.4, 0.5) is 5.95 Å². The highest BCUT2D eigenvalue weighted by Gasteiger charge is 2.16. The van der Waals surface area contributed by atoms with Crippen LogP contribution in [0.1, 0.15) is 15.4 Å². The minimum absolute atomic E-state index is 0.153. The van der Waals surface area contributed by atoms with E-state index in [1.54, 1.807) is 15.6 Å². The van der Waals surface area contributed by atoms with Crippen molar-refractivity contribution in [3.63, 3.8) is 0 Å². The Hall–Kier alpha value is -3.60. The van der Waals surface area contributed by atoms with Gasteiger partial charge in [0.2, 0.25) is 5.95 Å². The largest absolute Gasteiger partial charge is 0.351 e. The molecular weight excluding hydrogens is 390 g/mol. The van der Waals surface area contributed by atoms with Crippen LogP contribution >= 0.6 is 11.3 Å². The number of aryl methyl sites for hydroxylation is 2. The number of nitrogens with zero attached hydrogens (tertiary/aromatic N) is 7. The molecule has 3 aromatic heterocycles. The summed E-state index contributed by atoms with van der Waals surface area (Å²) in [5, 5.41) is 22.6. The summed E-state index contributed by atoms with van der Waals surface area (Å²) in [6.45, 7) is 2.73. The van der Waals surface area contributed by atoms with Crippen molar-refractivity contribution >= 4 is 23.2 Å². The maximum atomic E-state index is 12.5. The molecule has 4 rings (SSSR count). The predicted molar refractivity (Wildman–Crippen MR) is 109 cm³/mol. The Labute approximate surface area is 170 Å². The zero-order valence-electron chi connectivity index (χ0n) is 15.9. The highest BCUT2D eigenvalue weighted by Crippen LogP contribution is 2.27. The molecule has 0 aliphatic heterocycles. The second-order valence-corrected chi connectivity index (χ2v) is 7.27. The van der Waals surface area contributed by atoms with Gasteiger partial charge < -0.3 is 10.6 Å². The molecule has 0 unspecified atom stereocenters. The van der Waals surface area contributed by atoms with E-state index in [2.05, 4.69) is 36.2 Å². The van der Waals surface area contributed by atoms with E-state index < -0.39 is 0 Å². The minimum Gasteiger partial charge on any atom is -0.351 e. The highest BCUT2D eigenvalue weighted by molar-refractivity contribution is 7.17. The molecule has 1 amide bonds. The second kappa shape index (κ2) is 8.19. The standard InChI is InChI=1S/C18H19N9OS/c1-12-15(29-17(22-12)13-10-21-26(2)11-13)16(28)19-8-9-20-18-23-24-25-27(18)14-6-4-3-5-7-14/h3-7,10-11H,8-9H2,1-2H3,(H,19,28)(H,20,23,25). The van der Waals surface area contributed by atoms with Gasteiger partial charge in [-0.2, -0.15) is 9.78 Å². The van der Waals surface area contributed by atoms with Gasteiger partial charge in [0.25, 0.3) is 5.91 Å². The summed E-state index contributed by atoms with van der Waals surface area (Å²) < 4.78 is 3.32. The lowest BCUT2D eigenvalue weighted by Crippen LogP contribution is -2.29. The number of carbonyl (C=O) groups excluding carboxylic acids is 1. The second-order valence-electron chi connectivity index (χ2n) is 6.27. The third-order valence-electron chi connectivity index (χ3n) is 4.12. The average Bonchev–Trinajstić information content (AvgIpc) is 3.45. The number of carbonyl (C=O) groups is 1. The molecule has 0 aliphatic carbocycles. The maximum absolute atomic E-state index is 12.5. The van der Waals surface area contributed by atoms with E-state index in [1.165, 1.54) is 11.3 Å². The lowest BCUT2D eigenvalue weighted by atomic mass is 10.3. The number of tetrazole rings is 1. The Kier molecular flexibility index (Phi) is 5.29. The van der Waals surface area contributed by atoms with Crippen LogP contribution in [0.5, 0.6) is 0 Å². The number of hydrogen-bond acceptors (Lipinski definition) is 8. The van der Waals surface area contributed by atoms with Crippen LogP contribution in [-0.4, -0.2) is 54.0 Å². The lowest BCUT2D eigenvalue weighted by Gasteiger charge is -2.07. The molecule has 3 heterocycles. The van der Waals surface area contributed by atoms with Crippen molar-refractivity contribution in [1.29, 1.82) is 0 Å². The average molecular weight is 409 g/mol. The minimum atomic E-state index is -0.153. The third-order valence-corrected chi connectivity index (χ3v) is 5.32. The summed E-state index contributed by atoms with van der Waals surface area (Å²) in [6, 6.07) is 9.58. The molecule has 0 saturated heterocycles. The van der Waals surface area contributed by atoms with E-state index >= 15 is 0 Å². The summed E-state index contributed by atoms with van der Waals surface area (Å²) >= 11 is 1.36. The fraction of sp³-hybridized carbons (Fsp3) is 0.222. The summed E-state index contributed by atoms with van der Waals surface area (Å²) in [5.41, 5.74) is 2.45. The van der Waals surface area contributed by atoms with E-state index in [0.29, 0.717) is 29.6 Å². The molecule has 0 fully saturated rings. The van der Waals surface area contributed by atoms with E-state index in [9.17, 15) is 4.79 Å². The van der Waals surface area contributed by atoms with E-state index in [1.807, 2.05) is 50.5 Å². The fourth-order valence-corrected chi connectivity index (χ4v) is 3.69. The highest BCUT2D eigenvalue weighted by atomic mass is 32.1. The summed E-state index contributed by atoms with van der Waals surface area (Å²) in [4.78, 5) is 17.6. The van der Waals surface area contributed by atoms with Crippen molar-refractivity contribution in [3.8, 4) is 16.3 Å². The van der Waals surface area contributed by atoms with Gasteiger partial charge in [0, 0.05) is 31.9 Å². The van der Waals surface area contributed by atoms with E-state index in [-0.39, 0.29) is 5.91 Å². The molecule has 11 heteroatoms. The van der Waals surface area contributed by atoms with Gasteiger partial charge in [-0.05, 0) is 29.5 Å². The topological polar surface area (TPSA) is 115 Å². The number of aromatic nitrogens is 7. The first-order valence-corrected chi connectivity index (χ1v) is 9.76. The van der Waals surface area contributed by atoms with Crippen LogP contribution in [0.2, 0.25) is 0 Å². The number of anilines is 1. The number of nitrogens with one attached hydrogen (secondary N) is 2. The molecule has 0 aliphatic rings. The van der Waals surface area contributed by atoms with Crippen LogP contribution < -0.4 is 10.6 Å². The van der Waals surface area contributed by atoms with Crippen LogP contribution in [-0.2, 0) is 7.05 Å². The number of para-hydroxylation sites is 1. The monoisotopic (exact) mass is 409 g/mol. The van der Waals surface area contributed by atoms with Crippen LogP contribution in [0.3, 0.4) is 0 Å². The molecule has 0 bridgehead atoms. The molecule has 29 heavy (non-hydrogen) atoms. The molecule has 0 radical (unpaired) electrons. The Balaban J connectivity index is 1.34. The van der Waals surface area contributed by atoms with Gasteiger partial charge in [0.15, 0.2) is 0 Å². The maximum Gasteiger partial charge on any atom is 0.263 e. The van der Waals surface area contributed by atoms with Crippen molar-refractivity contribution in [2.45, 2.75) is 6.92 Å². The van der Waals surface area contributed by atoms with Gasteiger partial charge >= 0.3 is 0 Å². The first-order chi connectivity index (χ1) is 14.1. The number of hydrogen-bond donors (Lipinski definition) is 2. The first-order valence-electron chi connectivity index (χ1n) is 8.94. The molecule has 0 spiro atoms. The van der Waals surface area contributed by atoms with Crippen molar-refractivity contribution in [2.24, 2.45) is 7.05 Å². The number of thiazole rings is 1. The summed E-state index contributed by atoms with van der Waals surface area (Å²) in [7, 11) is 1.85. The van der Waals surface area contributed by atoms with Crippen LogP contribution in [0.25, 0.3) is 16.3 Å². The molecule has 10 nitrogen and oxygen atoms in total. The molecule has 0 atom stereocenters. The molecule has 148 valence electrons. The van der Waals surface area contributed by atoms with E-state index in [0.717, 1.165) is 16.3 Å². The molecule has 2 N–H and O–H groups in total. The van der Waals surface area contributed by atoms with Crippen molar-refractivity contribution < 1.29 is 4.79 Å². The number of benzene rings is 1. The zero-order valence-corrected chi connectivity index (χ0v) is 16.7. The van der Waals surface area contributed by atoms with Crippen molar-refractivity contribution in [2.75, 3.05) is 18.4 Å². The van der Waals surface area contributed by atoms with Gasteiger partial charge in [-0.1, -0.05) is 23.3 Å². The van der Waals surface area contributed by atoms with Gasteiger partial charge in [0.05, 0.1) is 17.6 Å². The summed E-state index contributed by atoms with van der Waals surface area (Å²) in [5.74, 6) is 0.359. The van der Waals surface area contributed by atoms with E-state index in [4.69, 9.17) is 0 Å². The van der Waals surface area contributed by atoms with Gasteiger partial charge in [0.1, 0.15) is 9.88 Å². The van der Waals surface area contributed by atoms with Crippen molar-refractivity contribution in [1.82, 2.24) is 40.3 Å². The van der Waals surface area contributed by atoms with Crippen molar-refractivity contribution in [3.05, 3.63) is 53.3 Å². The summed E-state index contributed by atoms with van der Waals surface area (Å²) in [6.07, 6.45) is 3.61. The van der Waals surface area contributed by atoms with Gasteiger partial charge in [-0.15, -0.1) is 11.3 Å². The molecule has 1 aromatic carbocycles. The molecule has 4 aromatic rings. The zero-order chi connectivity index (χ0) is 20.2. The molecule has 0 saturated carbocycles. The first kappa shape index (κ1) is 18.7. The quantitative estimate of drug-likeness (QED) is 0.446. The lowest BCUT2D eigenvalue weighted by molar-refractivity contribution is 0.0958. The Morgan fingerprint density at radius 2 is 2.03 bits per heavy atom. The van der Waals surface area contributed by atoms with Crippen LogP contribution in [0, 0.1) is 6.92 Å². The van der Waals surface area contributed by atoms with Crippen LogP contribution in [0.15, 0.2) is 42.7 Å². The van der Waals surface area contributed by atoms with Gasteiger partial charge in [-0.25, -0.2) is 4.98 Å². The normalized spacial score (nSPS) is 10.8.